The number of carbonyl (C=O) groups is 2. The van der Waals surface area contributed by atoms with Gasteiger partial charge in [-0.25, -0.2) is 4.79 Å². The number of halogens is 1. The largest absolute Gasteiger partial charge is 0.463 e. The van der Waals surface area contributed by atoms with E-state index < -0.39 is 5.97 Å². The third kappa shape index (κ3) is 5.65. The van der Waals surface area contributed by atoms with Crippen molar-refractivity contribution in [3.8, 4) is 0 Å². The highest BCUT2D eigenvalue weighted by atomic mass is 79.9. The lowest BCUT2D eigenvalue weighted by molar-refractivity contribution is -0.137. The maximum atomic E-state index is 12.0. The van der Waals surface area contributed by atoms with E-state index in [0.717, 1.165) is 17.6 Å². The number of carbonyl (C=O) groups excluding carboxylic acids is 2. The number of hydrogen-bond donors (Lipinski definition) is 0. The molecule has 0 N–H and O–H groups in total. The molecule has 2 rings (SSSR count). The number of amides is 1. The summed E-state index contributed by atoms with van der Waals surface area (Å²) in [4.78, 5) is 27.4. The third-order valence-corrected chi connectivity index (χ3v) is 5.06. The summed E-state index contributed by atoms with van der Waals surface area (Å²) in [5.74, 6) is 0.0114. The predicted octanol–water partition coefficient (Wildman–Crippen LogP) is 2.86. The molecule has 24 heavy (non-hydrogen) atoms. The number of thioether (sulfide) groups is 1. The highest BCUT2D eigenvalue weighted by molar-refractivity contribution is 9.10. The number of benzene rings is 1. The zero-order chi connectivity index (χ0) is 17.5. The fourth-order valence-electron chi connectivity index (χ4n) is 2.30. The molecule has 1 aliphatic heterocycles. The molecule has 0 aliphatic carbocycles. The predicted molar refractivity (Wildman–Crippen MR) is 99.4 cm³/mol. The van der Waals surface area contributed by atoms with E-state index in [9.17, 15) is 9.59 Å². The van der Waals surface area contributed by atoms with E-state index >= 15 is 0 Å². The second-order valence-corrected chi connectivity index (χ2v) is 7.34. The Balaban J connectivity index is 1.89. The molecule has 1 amide bonds. The second kappa shape index (κ2) is 9.25. The zero-order valence-corrected chi connectivity index (χ0v) is 16.2. The lowest BCUT2D eigenvalue weighted by Crippen LogP contribution is -2.33. The minimum absolute atomic E-state index is 0.0348. The highest BCUT2D eigenvalue weighted by Gasteiger charge is 2.27. The van der Waals surface area contributed by atoms with Crippen molar-refractivity contribution in [3.05, 3.63) is 45.4 Å². The molecule has 0 radical (unpaired) electrons. The summed E-state index contributed by atoms with van der Waals surface area (Å²) < 4.78 is 5.98. The number of ether oxygens (including phenoxy) is 1. The van der Waals surface area contributed by atoms with Gasteiger partial charge in [0.2, 0.25) is 5.91 Å². The fourth-order valence-corrected chi connectivity index (χ4v) is 3.52. The average Bonchev–Trinajstić information content (AvgIpc) is 2.88. The molecule has 5 nitrogen and oxygen atoms in total. The molecule has 1 saturated heterocycles. The average molecular weight is 413 g/mol. The molecule has 0 spiro atoms. The Morgan fingerprint density at radius 3 is 2.79 bits per heavy atom. The van der Waals surface area contributed by atoms with E-state index in [1.54, 1.807) is 11.8 Å². The first-order chi connectivity index (χ1) is 11.5. The summed E-state index contributed by atoms with van der Waals surface area (Å²) in [5, 5.41) is 0.676. The van der Waals surface area contributed by atoms with Crippen LogP contribution in [-0.2, 0) is 20.9 Å². The lowest BCUT2D eigenvalue weighted by Gasteiger charge is -2.22. The normalized spacial score (nSPS) is 16.2. The van der Waals surface area contributed by atoms with Crippen molar-refractivity contribution in [1.82, 2.24) is 9.80 Å². The first-order valence-electron chi connectivity index (χ1n) is 7.74. The molecule has 0 atom stereocenters. The van der Waals surface area contributed by atoms with E-state index in [1.165, 1.54) is 23.4 Å². The van der Waals surface area contributed by atoms with Crippen molar-refractivity contribution in [2.45, 2.75) is 13.5 Å². The Morgan fingerprint density at radius 1 is 1.42 bits per heavy atom. The van der Waals surface area contributed by atoms with Gasteiger partial charge in [-0.2, -0.15) is 0 Å². The first-order valence-corrected chi connectivity index (χ1v) is 9.52. The number of rotatable bonds is 7. The van der Waals surface area contributed by atoms with Crippen LogP contribution in [0.1, 0.15) is 12.5 Å². The summed E-state index contributed by atoms with van der Waals surface area (Å²) in [6, 6.07) is 8.18. The molecule has 1 heterocycles. The smallest absolute Gasteiger partial charge is 0.333 e. The maximum absolute atomic E-state index is 12.0. The Hall–Kier alpha value is -1.31. The molecule has 130 valence electrons. The minimum atomic E-state index is -0.400. The van der Waals surface area contributed by atoms with E-state index in [2.05, 4.69) is 33.0 Å². The van der Waals surface area contributed by atoms with Gasteiger partial charge in [0.1, 0.15) is 0 Å². The van der Waals surface area contributed by atoms with Gasteiger partial charge in [0.25, 0.3) is 0 Å². The first kappa shape index (κ1) is 19.0. The van der Waals surface area contributed by atoms with Gasteiger partial charge in [-0.1, -0.05) is 39.8 Å². The molecule has 7 heteroatoms. The van der Waals surface area contributed by atoms with Gasteiger partial charge >= 0.3 is 5.97 Å². The van der Waals surface area contributed by atoms with Gasteiger partial charge in [0, 0.05) is 24.1 Å². The maximum Gasteiger partial charge on any atom is 0.333 e. The van der Waals surface area contributed by atoms with Crippen LogP contribution in [-0.4, -0.2) is 54.2 Å². The number of nitrogens with zero attached hydrogens (tertiary/aromatic N) is 2. The summed E-state index contributed by atoms with van der Waals surface area (Å²) in [5.41, 5.74) is 1.21. The van der Waals surface area contributed by atoms with Crippen LogP contribution in [0.4, 0.5) is 0 Å². The zero-order valence-electron chi connectivity index (χ0n) is 13.8. The number of esters is 1. The molecule has 1 aromatic carbocycles. The molecule has 1 fully saturated rings. The molecule has 0 bridgehead atoms. The van der Waals surface area contributed by atoms with Gasteiger partial charge in [-0.15, -0.1) is 0 Å². The monoisotopic (exact) mass is 412 g/mol. The van der Waals surface area contributed by atoms with Crippen molar-refractivity contribution in [1.29, 1.82) is 0 Å². The summed E-state index contributed by atoms with van der Waals surface area (Å²) >= 11 is 4.81. The molecule has 0 aromatic heterocycles. The van der Waals surface area contributed by atoms with Crippen molar-refractivity contribution in [2.24, 2.45) is 0 Å². The fraction of sp³-hybridized carbons (Fsp3) is 0.412. The molecule has 1 aliphatic rings. The summed E-state index contributed by atoms with van der Waals surface area (Å²) in [6.07, 6.45) is 1.41. The molecule has 0 unspecified atom stereocenters. The Morgan fingerprint density at radius 2 is 2.12 bits per heavy atom. The topological polar surface area (TPSA) is 49.9 Å². The Bertz CT molecular complexity index is 619. The molecule has 0 saturated carbocycles. The Kier molecular flexibility index (Phi) is 7.33. The van der Waals surface area contributed by atoms with Gasteiger partial charge in [0.15, 0.2) is 0 Å². The second-order valence-electron chi connectivity index (χ2n) is 5.43. The standard InChI is InChI=1S/C17H21BrN2O3S/c1-3-23-17(22)10-16-20(15(21)12-24-16)9-8-19(2)11-13-4-6-14(18)7-5-13/h4-7,10H,3,8-9,11-12H2,1-2H3/b16-10-. The lowest BCUT2D eigenvalue weighted by atomic mass is 10.2. The van der Waals surface area contributed by atoms with Crippen LogP contribution in [0.15, 0.2) is 39.8 Å². The van der Waals surface area contributed by atoms with E-state index in [1.807, 2.05) is 19.2 Å². The van der Waals surface area contributed by atoms with Crippen molar-refractivity contribution in [3.63, 3.8) is 0 Å². The van der Waals surface area contributed by atoms with Crippen molar-refractivity contribution in [2.75, 3.05) is 32.5 Å². The van der Waals surface area contributed by atoms with Gasteiger partial charge in [0.05, 0.1) is 23.5 Å². The number of hydrogen-bond acceptors (Lipinski definition) is 5. The van der Waals surface area contributed by atoms with Gasteiger partial charge in [-0.3, -0.25) is 4.79 Å². The van der Waals surface area contributed by atoms with Crippen LogP contribution in [0.2, 0.25) is 0 Å². The van der Waals surface area contributed by atoms with Crippen molar-refractivity contribution < 1.29 is 14.3 Å². The summed E-state index contributed by atoms with van der Waals surface area (Å²) in [6.45, 7) is 4.18. The SMILES string of the molecule is CCOC(=O)/C=C1\SCC(=O)N1CCN(C)Cc1ccc(Br)cc1. The molecular weight excluding hydrogens is 392 g/mol. The van der Waals surface area contributed by atoms with Gasteiger partial charge in [-0.05, 0) is 31.7 Å². The van der Waals surface area contributed by atoms with E-state index in [-0.39, 0.29) is 5.91 Å². The van der Waals surface area contributed by atoms with E-state index in [0.29, 0.717) is 23.9 Å². The third-order valence-electron chi connectivity index (χ3n) is 3.51. The molecular formula is C17H21BrN2O3S. The minimum Gasteiger partial charge on any atom is -0.463 e. The van der Waals surface area contributed by atoms with Crippen LogP contribution in [0.3, 0.4) is 0 Å². The van der Waals surface area contributed by atoms with Crippen LogP contribution < -0.4 is 0 Å². The van der Waals surface area contributed by atoms with Gasteiger partial charge < -0.3 is 14.5 Å². The number of likely N-dealkylation sites (N-methyl/N-ethyl adjacent to an activating group) is 1. The van der Waals surface area contributed by atoms with Crippen LogP contribution >= 0.6 is 27.7 Å². The van der Waals surface area contributed by atoms with E-state index in [4.69, 9.17) is 4.74 Å². The van der Waals surface area contributed by atoms with Crippen LogP contribution in [0.5, 0.6) is 0 Å². The quantitative estimate of drug-likeness (QED) is 0.508. The van der Waals surface area contributed by atoms with Crippen LogP contribution in [0.25, 0.3) is 0 Å². The van der Waals surface area contributed by atoms with Crippen molar-refractivity contribution >= 4 is 39.6 Å². The highest BCUT2D eigenvalue weighted by Crippen LogP contribution is 2.28. The summed E-state index contributed by atoms with van der Waals surface area (Å²) in [7, 11) is 2.02. The Labute approximate surface area is 155 Å². The molecule has 1 aromatic rings. The van der Waals surface area contributed by atoms with Crippen LogP contribution in [0, 0.1) is 0 Å².